The van der Waals surface area contributed by atoms with Crippen LogP contribution in [0.2, 0.25) is 0 Å². The number of aryl methyl sites for hydroxylation is 2. The second kappa shape index (κ2) is 7.91. The molecule has 0 aliphatic rings. The van der Waals surface area contributed by atoms with Crippen molar-refractivity contribution < 1.29 is 13.6 Å². The van der Waals surface area contributed by atoms with Gasteiger partial charge in [-0.1, -0.05) is 31.2 Å². The quantitative estimate of drug-likeness (QED) is 0.533. The van der Waals surface area contributed by atoms with E-state index in [0.29, 0.717) is 11.4 Å². The number of imidazole rings is 1. The minimum atomic E-state index is -0.553. The molecule has 4 aromatic rings. The summed E-state index contributed by atoms with van der Waals surface area (Å²) in [6, 6.07) is 11.7. The van der Waals surface area contributed by atoms with E-state index in [4.69, 9.17) is 4.42 Å². The smallest absolute Gasteiger partial charge is 0.225 e. The minimum absolute atomic E-state index is 0.161. The maximum atomic E-state index is 13.8. The Morgan fingerprint density at radius 2 is 2.14 bits per heavy atom. The van der Waals surface area contributed by atoms with Crippen LogP contribution in [0.1, 0.15) is 35.5 Å². The zero-order valence-electron chi connectivity index (χ0n) is 16.4. The molecule has 2 aromatic heterocycles. The van der Waals surface area contributed by atoms with Gasteiger partial charge in [0, 0.05) is 30.4 Å². The third kappa shape index (κ3) is 3.92. The molecule has 4 rings (SSSR count). The van der Waals surface area contributed by atoms with Crippen molar-refractivity contribution >= 4 is 16.9 Å². The van der Waals surface area contributed by atoms with Gasteiger partial charge in [-0.15, -0.1) is 0 Å². The summed E-state index contributed by atoms with van der Waals surface area (Å²) in [6.07, 6.45) is 6.16. The Morgan fingerprint density at radius 3 is 2.86 bits per heavy atom. The fraction of sp³-hybridized carbons (Fsp3) is 0.217. The zero-order chi connectivity index (χ0) is 20.4. The first-order valence-corrected chi connectivity index (χ1v) is 9.56. The van der Waals surface area contributed by atoms with Crippen LogP contribution in [0.3, 0.4) is 0 Å². The van der Waals surface area contributed by atoms with Crippen molar-refractivity contribution in [3.63, 3.8) is 0 Å². The van der Waals surface area contributed by atoms with E-state index in [0.717, 1.165) is 23.0 Å². The molecular weight excluding hydrogens is 369 g/mol. The molecule has 0 spiro atoms. The molecule has 0 fully saturated rings. The van der Waals surface area contributed by atoms with Crippen molar-refractivity contribution in [3.8, 4) is 0 Å². The van der Waals surface area contributed by atoms with Gasteiger partial charge in [0.15, 0.2) is 0 Å². The molecule has 0 bridgehead atoms. The molecule has 29 heavy (non-hydrogen) atoms. The predicted molar refractivity (Wildman–Crippen MR) is 109 cm³/mol. The van der Waals surface area contributed by atoms with Gasteiger partial charge >= 0.3 is 0 Å². The van der Waals surface area contributed by atoms with Crippen LogP contribution in [-0.2, 0) is 24.7 Å². The molecule has 0 saturated heterocycles. The number of fused-ring (bicyclic) bond motifs is 1. The molecule has 5 nitrogen and oxygen atoms in total. The van der Waals surface area contributed by atoms with E-state index in [1.54, 1.807) is 30.8 Å². The summed E-state index contributed by atoms with van der Waals surface area (Å²) in [6.45, 7) is 2.09. The fourth-order valence-electron chi connectivity index (χ4n) is 3.51. The van der Waals surface area contributed by atoms with Gasteiger partial charge in [0.1, 0.15) is 23.3 Å². The number of nitrogens with zero attached hydrogens (tertiary/aromatic N) is 2. The molecule has 0 aliphatic carbocycles. The second-order valence-corrected chi connectivity index (χ2v) is 7.07. The van der Waals surface area contributed by atoms with Crippen LogP contribution in [0.15, 0.2) is 65.5 Å². The first-order valence-electron chi connectivity index (χ1n) is 9.56. The lowest BCUT2D eigenvalue weighted by atomic mass is 10.0. The predicted octanol–water partition coefficient (Wildman–Crippen LogP) is 4.32. The number of benzene rings is 2. The molecule has 0 radical (unpaired) electrons. The highest BCUT2D eigenvalue weighted by Gasteiger charge is 2.22. The van der Waals surface area contributed by atoms with E-state index in [1.807, 2.05) is 29.8 Å². The maximum absolute atomic E-state index is 13.8. The highest BCUT2D eigenvalue weighted by Crippen LogP contribution is 2.25. The molecule has 1 N–H and O–H groups in total. The summed E-state index contributed by atoms with van der Waals surface area (Å²) >= 11 is 0. The topological polar surface area (TPSA) is 60.1 Å². The van der Waals surface area contributed by atoms with Gasteiger partial charge in [-0.25, -0.2) is 9.37 Å². The van der Waals surface area contributed by atoms with Crippen LogP contribution in [0.5, 0.6) is 0 Å². The van der Waals surface area contributed by atoms with E-state index >= 15 is 0 Å². The number of carbonyl (C=O) groups is 1. The SMILES string of the molecule is CCc1ccc2c(CC(=O)N[C@@H](c3cccc(F)c3)c3nccn3C)coc2c1. The number of hydrogen-bond acceptors (Lipinski definition) is 3. The van der Waals surface area contributed by atoms with Crippen LogP contribution in [-0.4, -0.2) is 15.5 Å². The first-order chi connectivity index (χ1) is 14.0. The van der Waals surface area contributed by atoms with E-state index < -0.39 is 6.04 Å². The number of amides is 1. The highest BCUT2D eigenvalue weighted by atomic mass is 19.1. The number of furan rings is 1. The summed E-state index contributed by atoms with van der Waals surface area (Å²) in [7, 11) is 1.84. The molecule has 6 heteroatoms. The molecule has 1 amide bonds. The lowest BCUT2D eigenvalue weighted by molar-refractivity contribution is -0.121. The highest BCUT2D eigenvalue weighted by molar-refractivity contribution is 5.88. The summed E-state index contributed by atoms with van der Waals surface area (Å²) in [4.78, 5) is 17.2. The molecule has 1 atom stereocenters. The maximum Gasteiger partial charge on any atom is 0.225 e. The lowest BCUT2D eigenvalue weighted by Crippen LogP contribution is -2.32. The van der Waals surface area contributed by atoms with E-state index in [-0.39, 0.29) is 18.1 Å². The number of halogens is 1. The summed E-state index contributed by atoms with van der Waals surface area (Å²) in [5.41, 5.74) is 3.41. The van der Waals surface area contributed by atoms with E-state index in [9.17, 15) is 9.18 Å². The monoisotopic (exact) mass is 391 g/mol. The van der Waals surface area contributed by atoms with E-state index in [2.05, 4.69) is 17.2 Å². The first kappa shape index (κ1) is 18.9. The van der Waals surface area contributed by atoms with Gasteiger partial charge in [0.25, 0.3) is 0 Å². The van der Waals surface area contributed by atoms with Crippen LogP contribution in [0, 0.1) is 5.82 Å². The number of rotatable bonds is 6. The third-order valence-electron chi connectivity index (χ3n) is 5.08. The Bertz CT molecular complexity index is 1160. The zero-order valence-corrected chi connectivity index (χ0v) is 16.4. The van der Waals surface area contributed by atoms with Crippen molar-refractivity contribution in [2.45, 2.75) is 25.8 Å². The molecule has 0 unspecified atom stereocenters. The van der Waals surface area contributed by atoms with Gasteiger partial charge in [0.2, 0.25) is 5.91 Å². The molecule has 0 aliphatic heterocycles. The molecule has 2 aromatic carbocycles. The molecule has 148 valence electrons. The Labute approximate surface area is 168 Å². The standard InChI is InChI=1S/C23H22FN3O2/c1-3-15-7-8-19-17(14-29-20(19)11-15)13-21(28)26-22(23-25-9-10-27(23)2)16-5-4-6-18(24)12-16/h4-12,14,22H,3,13H2,1-2H3,(H,26,28)/t22-/m0/s1. The third-order valence-corrected chi connectivity index (χ3v) is 5.08. The van der Waals surface area contributed by atoms with Crippen LogP contribution in [0.4, 0.5) is 4.39 Å². The van der Waals surface area contributed by atoms with Crippen molar-refractivity contribution in [1.82, 2.24) is 14.9 Å². The number of aromatic nitrogens is 2. The van der Waals surface area contributed by atoms with Gasteiger partial charge in [0.05, 0.1) is 12.7 Å². The van der Waals surface area contributed by atoms with Gasteiger partial charge in [-0.3, -0.25) is 4.79 Å². The van der Waals surface area contributed by atoms with Gasteiger partial charge in [-0.05, 0) is 35.7 Å². The lowest BCUT2D eigenvalue weighted by Gasteiger charge is -2.19. The molecule has 2 heterocycles. The van der Waals surface area contributed by atoms with Gasteiger partial charge < -0.3 is 14.3 Å². The van der Waals surface area contributed by atoms with Crippen LogP contribution >= 0.6 is 0 Å². The fourth-order valence-corrected chi connectivity index (χ4v) is 3.51. The summed E-state index contributed by atoms with van der Waals surface area (Å²) in [5, 5.41) is 3.93. The number of carbonyl (C=O) groups excluding carboxylic acids is 1. The Kier molecular flexibility index (Phi) is 5.16. The average Bonchev–Trinajstić information content (AvgIpc) is 3.32. The van der Waals surface area contributed by atoms with Crippen molar-refractivity contribution in [3.05, 3.63) is 89.5 Å². The Hall–Kier alpha value is -3.41. The number of hydrogen-bond donors (Lipinski definition) is 1. The van der Waals surface area contributed by atoms with Crippen LogP contribution in [0.25, 0.3) is 11.0 Å². The van der Waals surface area contributed by atoms with E-state index in [1.165, 1.54) is 17.7 Å². The average molecular weight is 391 g/mol. The van der Waals surface area contributed by atoms with Crippen molar-refractivity contribution in [2.75, 3.05) is 0 Å². The van der Waals surface area contributed by atoms with Crippen molar-refractivity contribution in [2.24, 2.45) is 7.05 Å². The minimum Gasteiger partial charge on any atom is -0.464 e. The van der Waals surface area contributed by atoms with Gasteiger partial charge in [-0.2, -0.15) is 0 Å². The Balaban J connectivity index is 1.60. The van der Waals surface area contributed by atoms with Crippen LogP contribution < -0.4 is 5.32 Å². The largest absolute Gasteiger partial charge is 0.464 e. The Morgan fingerprint density at radius 1 is 1.28 bits per heavy atom. The summed E-state index contributed by atoms with van der Waals surface area (Å²) in [5.74, 6) is 0.0848. The van der Waals surface area contributed by atoms with Crippen molar-refractivity contribution in [1.29, 1.82) is 0 Å². The molecule has 0 saturated carbocycles. The molecular formula is C23H22FN3O2. The summed E-state index contributed by atoms with van der Waals surface area (Å²) < 4.78 is 21.3. The number of nitrogens with one attached hydrogen (secondary N) is 1. The normalized spacial score (nSPS) is 12.2. The second-order valence-electron chi connectivity index (χ2n) is 7.07.